The first-order valence-electron chi connectivity index (χ1n) is 7.59. The van der Waals surface area contributed by atoms with Gasteiger partial charge in [0, 0.05) is 24.0 Å². The molecule has 0 saturated heterocycles. The Bertz CT molecular complexity index is 1190. The minimum atomic E-state index is -3.58. The molecule has 0 aliphatic rings. The summed E-state index contributed by atoms with van der Waals surface area (Å²) in [4.78, 5) is 19.8. The van der Waals surface area contributed by atoms with Crippen LogP contribution in [0.4, 0.5) is 15.9 Å². The Morgan fingerprint density at radius 1 is 1.21 bits per heavy atom. The number of hydrogen-bond donors (Lipinski definition) is 1. The number of nitrogens with two attached hydrogens (primary N) is 1. The van der Waals surface area contributed by atoms with Crippen LogP contribution in [0.3, 0.4) is 0 Å². The van der Waals surface area contributed by atoms with Crippen LogP contribution in [-0.2, 0) is 9.84 Å². The maximum Gasteiger partial charge on any atom is 0.252 e. The van der Waals surface area contributed by atoms with Crippen molar-refractivity contribution in [3.63, 3.8) is 0 Å². The Morgan fingerprint density at radius 2 is 1.89 bits per heavy atom. The molecule has 0 spiro atoms. The van der Waals surface area contributed by atoms with E-state index in [0.29, 0.717) is 11.1 Å². The molecule has 0 atom stereocenters. The van der Waals surface area contributed by atoms with Gasteiger partial charge < -0.3 is 5.73 Å². The standard InChI is InChI=1S/C17H14ClFN4O3S.ClH/c1-9-3-12(27(2,25)26)5-13-15(9)22-8-14(17(20)24)16(13)23(19)11-4-10(18)6-21-7-11;/h3-8H,1-2H3,(H2,20,24);1H. The van der Waals surface area contributed by atoms with Gasteiger partial charge >= 0.3 is 0 Å². The molecule has 28 heavy (non-hydrogen) atoms. The van der Waals surface area contributed by atoms with Crippen molar-refractivity contribution in [3.05, 3.63) is 52.9 Å². The number of amides is 1. The second kappa shape index (κ2) is 7.86. The molecule has 1 aromatic carbocycles. The van der Waals surface area contributed by atoms with E-state index in [1.807, 2.05) is 0 Å². The van der Waals surface area contributed by atoms with Crippen LogP contribution >= 0.6 is 24.0 Å². The molecule has 0 unspecified atom stereocenters. The molecule has 2 N–H and O–H groups in total. The third-order valence-corrected chi connectivity index (χ3v) is 5.21. The van der Waals surface area contributed by atoms with Crippen LogP contribution in [0.5, 0.6) is 0 Å². The lowest BCUT2D eigenvalue weighted by Gasteiger charge is -2.19. The van der Waals surface area contributed by atoms with Crippen LogP contribution in [0, 0.1) is 6.92 Å². The SMILES string of the molecule is Cc1cc(S(C)(=O)=O)cc2c(N(F)c3cncc(Cl)c3)c(C(N)=O)cnc12.Cl. The number of halogens is 3. The van der Waals surface area contributed by atoms with Crippen molar-refractivity contribution in [2.45, 2.75) is 11.8 Å². The van der Waals surface area contributed by atoms with Crippen LogP contribution in [0.1, 0.15) is 15.9 Å². The van der Waals surface area contributed by atoms with Gasteiger partial charge in [-0.3, -0.25) is 14.8 Å². The average Bonchev–Trinajstić information content (AvgIpc) is 2.59. The number of benzene rings is 1. The maximum atomic E-state index is 15.3. The van der Waals surface area contributed by atoms with Crippen LogP contribution in [0.2, 0.25) is 5.02 Å². The monoisotopic (exact) mass is 444 g/mol. The number of fused-ring (bicyclic) bond motifs is 1. The fraction of sp³-hybridized carbons (Fsp3) is 0.118. The normalized spacial score (nSPS) is 11.1. The molecule has 0 aliphatic carbocycles. The van der Waals surface area contributed by atoms with Gasteiger partial charge in [-0.25, -0.2) is 8.42 Å². The molecular weight excluding hydrogens is 430 g/mol. The Hall–Kier alpha value is -2.49. The predicted octanol–water partition coefficient (Wildman–Crippen LogP) is 3.54. The molecule has 11 heteroatoms. The zero-order chi connectivity index (χ0) is 19.9. The fourth-order valence-electron chi connectivity index (χ4n) is 2.68. The van der Waals surface area contributed by atoms with E-state index in [4.69, 9.17) is 17.3 Å². The zero-order valence-corrected chi connectivity index (χ0v) is 17.1. The number of pyridine rings is 2. The first kappa shape index (κ1) is 21.8. The first-order chi connectivity index (χ1) is 12.6. The molecule has 1 amide bonds. The molecule has 148 valence electrons. The van der Waals surface area contributed by atoms with E-state index in [1.54, 1.807) is 6.92 Å². The molecule has 2 heterocycles. The van der Waals surface area contributed by atoms with Crippen LogP contribution in [-0.4, -0.2) is 30.5 Å². The van der Waals surface area contributed by atoms with Crippen LogP contribution in [0.15, 0.2) is 41.7 Å². The van der Waals surface area contributed by atoms with Crippen molar-refractivity contribution < 1.29 is 17.7 Å². The highest BCUT2D eigenvalue weighted by molar-refractivity contribution is 7.90. The summed E-state index contributed by atoms with van der Waals surface area (Å²) in [6, 6.07) is 4.00. The fourth-order valence-corrected chi connectivity index (χ4v) is 3.57. The van der Waals surface area contributed by atoms with Crippen molar-refractivity contribution in [2.75, 3.05) is 11.4 Å². The van der Waals surface area contributed by atoms with E-state index < -0.39 is 15.7 Å². The lowest BCUT2D eigenvalue weighted by molar-refractivity contribution is 0.1000. The van der Waals surface area contributed by atoms with Gasteiger partial charge in [-0.05, 0) is 30.7 Å². The van der Waals surface area contributed by atoms with Crippen LogP contribution < -0.4 is 10.9 Å². The van der Waals surface area contributed by atoms with Gasteiger partial charge in [0.25, 0.3) is 5.91 Å². The summed E-state index contributed by atoms with van der Waals surface area (Å²) in [5.41, 5.74) is 5.72. The number of carbonyl (C=O) groups is 1. The summed E-state index contributed by atoms with van der Waals surface area (Å²) in [6.45, 7) is 1.64. The van der Waals surface area contributed by atoms with Gasteiger partial charge in [0.15, 0.2) is 9.84 Å². The largest absolute Gasteiger partial charge is 0.365 e. The number of aryl methyl sites for hydroxylation is 1. The number of anilines is 2. The molecule has 3 rings (SSSR count). The third-order valence-electron chi connectivity index (χ3n) is 3.91. The molecule has 0 aliphatic heterocycles. The molecule has 0 radical (unpaired) electrons. The smallest absolute Gasteiger partial charge is 0.252 e. The van der Waals surface area contributed by atoms with Crippen LogP contribution in [0.25, 0.3) is 10.9 Å². The Kier molecular flexibility index (Phi) is 6.12. The van der Waals surface area contributed by atoms with Gasteiger partial charge in [-0.2, -0.15) is 5.12 Å². The van der Waals surface area contributed by atoms with E-state index >= 15 is 4.48 Å². The summed E-state index contributed by atoms with van der Waals surface area (Å²) < 4.78 is 39.3. The van der Waals surface area contributed by atoms with E-state index in [-0.39, 0.29) is 49.8 Å². The Labute approximate surface area is 171 Å². The van der Waals surface area contributed by atoms with Crippen molar-refractivity contribution in [3.8, 4) is 0 Å². The van der Waals surface area contributed by atoms with Gasteiger partial charge in [0.05, 0.1) is 38.6 Å². The highest BCUT2D eigenvalue weighted by Gasteiger charge is 2.23. The first-order valence-corrected chi connectivity index (χ1v) is 9.86. The summed E-state index contributed by atoms with van der Waals surface area (Å²) >= 11 is 5.87. The van der Waals surface area contributed by atoms with Gasteiger partial charge in [0.1, 0.15) is 0 Å². The number of aromatic nitrogens is 2. The number of carbonyl (C=O) groups excluding carboxylic acids is 1. The molecule has 0 saturated carbocycles. The molecule has 0 fully saturated rings. The van der Waals surface area contributed by atoms with Crippen molar-refractivity contribution in [1.82, 2.24) is 9.97 Å². The minimum absolute atomic E-state index is 0. The molecule has 2 aromatic heterocycles. The summed E-state index contributed by atoms with van der Waals surface area (Å²) in [7, 11) is -3.58. The quantitative estimate of drug-likeness (QED) is 0.616. The zero-order valence-electron chi connectivity index (χ0n) is 14.7. The topological polar surface area (TPSA) is 106 Å². The molecule has 3 aromatic rings. The van der Waals surface area contributed by atoms with Gasteiger partial charge in [-0.1, -0.05) is 16.1 Å². The van der Waals surface area contributed by atoms with E-state index in [1.165, 1.54) is 30.6 Å². The summed E-state index contributed by atoms with van der Waals surface area (Å²) in [6.07, 6.45) is 4.71. The lowest BCUT2D eigenvalue weighted by Crippen LogP contribution is -2.17. The minimum Gasteiger partial charge on any atom is -0.365 e. The number of sulfone groups is 1. The number of primary amides is 1. The predicted molar refractivity (Wildman–Crippen MR) is 108 cm³/mol. The highest BCUT2D eigenvalue weighted by atomic mass is 35.5. The van der Waals surface area contributed by atoms with Gasteiger partial charge in [-0.15, -0.1) is 12.4 Å². The van der Waals surface area contributed by atoms with Crippen molar-refractivity contribution in [1.29, 1.82) is 0 Å². The third kappa shape index (κ3) is 4.01. The molecular formula is C17H15Cl2FN4O3S. The Balaban J connectivity index is 0.00000280. The number of hydrogen-bond acceptors (Lipinski definition) is 6. The molecule has 7 nitrogen and oxygen atoms in total. The summed E-state index contributed by atoms with van der Waals surface area (Å²) in [5, 5.41) is 0.491. The van der Waals surface area contributed by atoms with E-state index in [2.05, 4.69) is 9.97 Å². The second-order valence-corrected chi connectivity index (χ2v) is 8.39. The highest BCUT2D eigenvalue weighted by Crippen LogP contribution is 2.37. The molecule has 0 bridgehead atoms. The van der Waals surface area contributed by atoms with E-state index in [0.717, 1.165) is 12.5 Å². The average molecular weight is 445 g/mol. The number of nitrogens with zero attached hydrogens (tertiary/aromatic N) is 3. The van der Waals surface area contributed by atoms with Gasteiger partial charge in [0.2, 0.25) is 0 Å². The Morgan fingerprint density at radius 3 is 2.46 bits per heavy atom. The lowest BCUT2D eigenvalue weighted by atomic mass is 10.1. The van der Waals surface area contributed by atoms with E-state index in [9.17, 15) is 13.2 Å². The summed E-state index contributed by atoms with van der Waals surface area (Å²) in [5.74, 6) is -0.917. The van der Waals surface area contributed by atoms with Crippen molar-refractivity contribution in [2.24, 2.45) is 5.73 Å². The second-order valence-electron chi connectivity index (χ2n) is 5.94. The number of rotatable bonds is 4. The maximum absolute atomic E-state index is 15.3. The van der Waals surface area contributed by atoms with Crippen molar-refractivity contribution >= 4 is 62.0 Å².